The van der Waals surface area contributed by atoms with E-state index < -0.39 is 0 Å². The van der Waals surface area contributed by atoms with E-state index in [0.717, 1.165) is 11.4 Å². The summed E-state index contributed by atoms with van der Waals surface area (Å²) in [5.74, 6) is 0. The van der Waals surface area contributed by atoms with Crippen molar-refractivity contribution in [3.63, 3.8) is 0 Å². The lowest BCUT2D eigenvalue weighted by atomic mass is 10.2. The second kappa shape index (κ2) is 3.86. The lowest BCUT2D eigenvalue weighted by Gasteiger charge is -2.27. The van der Waals surface area contributed by atoms with Crippen molar-refractivity contribution >= 4 is 11.4 Å². The van der Waals surface area contributed by atoms with Crippen LogP contribution < -0.4 is 10.6 Å². The Morgan fingerprint density at radius 3 is 2.79 bits per heavy atom. The van der Waals surface area contributed by atoms with Gasteiger partial charge in [-0.3, -0.25) is 4.98 Å². The Balaban J connectivity index is 2.17. The van der Waals surface area contributed by atoms with Crippen LogP contribution >= 0.6 is 0 Å². The second-order valence-corrected chi connectivity index (χ2v) is 3.98. The molecule has 0 bridgehead atoms. The molecule has 2 N–H and O–H groups in total. The minimum atomic E-state index is 0.666. The average molecular weight is 191 g/mol. The molecular formula is C11H17N3. The van der Waals surface area contributed by atoms with E-state index in [9.17, 15) is 0 Å². The molecule has 3 nitrogen and oxygen atoms in total. The third-order valence-corrected chi connectivity index (χ3v) is 3.08. The fourth-order valence-electron chi connectivity index (χ4n) is 2.21. The number of hydrogen-bond donors (Lipinski definition) is 1. The number of pyridine rings is 1. The first-order valence-electron chi connectivity index (χ1n) is 5.21. The predicted octanol–water partition coefficient (Wildman–Crippen LogP) is 2.04. The first kappa shape index (κ1) is 9.31. The van der Waals surface area contributed by atoms with Gasteiger partial charge in [0.15, 0.2) is 0 Å². The summed E-state index contributed by atoms with van der Waals surface area (Å²) in [7, 11) is 2.13. The summed E-state index contributed by atoms with van der Waals surface area (Å²) in [6.45, 7) is 0. The van der Waals surface area contributed by atoms with Gasteiger partial charge in [-0.25, -0.2) is 0 Å². The Labute approximate surface area is 84.9 Å². The maximum absolute atomic E-state index is 5.88. The zero-order chi connectivity index (χ0) is 9.97. The molecule has 1 heterocycles. The van der Waals surface area contributed by atoms with E-state index in [1.54, 1.807) is 12.4 Å². The molecule has 0 atom stereocenters. The van der Waals surface area contributed by atoms with Crippen LogP contribution in [0, 0.1) is 0 Å². The molecule has 0 radical (unpaired) electrons. The highest BCUT2D eigenvalue weighted by Crippen LogP contribution is 2.29. The summed E-state index contributed by atoms with van der Waals surface area (Å²) in [6.07, 6.45) is 8.80. The molecule has 0 aliphatic heterocycles. The number of nitrogens with zero attached hydrogens (tertiary/aromatic N) is 2. The van der Waals surface area contributed by atoms with Crippen LogP contribution in [0.2, 0.25) is 0 Å². The van der Waals surface area contributed by atoms with Gasteiger partial charge >= 0.3 is 0 Å². The molecule has 1 saturated carbocycles. The average Bonchev–Trinajstić information content (AvgIpc) is 2.70. The molecular weight excluding hydrogens is 174 g/mol. The Kier molecular flexibility index (Phi) is 2.57. The van der Waals surface area contributed by atoms with E-state index in [1.165, 1.54) is 25.7 Å². The molecule has 0 aromatic carbocycles. The van der Waals surface area contributed by atoms with Gasteiger partial charge in [0, 0.05) is 19.3 Å². The molecule has 1 aromatic heterocycles. The van der Waals surface area contributed by atoms with Gasteiger partial charge in [0.1, 0.15) is 0 Å². The Hall–Kier alpha value is -1.25. The number of anilines is 2. The maximum atomic E-state index is 5.88. The molecule has 0 amide bonds. The summed E-state index contributed by atoms with van der Waals surface area (Å²) < 4.78 is 0. The third kappa shape index (κ3) is 1.67. The fourth-order valence-corrected chi connectivity index (χ4v) is 2.21. The van der Waals surface area contributed by atoms with Crippen LogP contribution in [0.3, 0.4) is 0 Å². The van der Waals surface area contributed by atoms with Crippen LogP contribution in [-0.2, 0) is 0 Å². The van der Waals surface area contributed by atoms with E-state index in [-0.39, 0.29) is 0 Å². The minimum Gasteiger partial charge on any atom is -0.396 e. The largest absolute Gasteiger partial charge is 0.396 e. The van der Waals surface area contributed by atoms with E-state index in [1.807, 2.05) is 6.07 Å². The van der Waals surface area contributed by atoms with Crippen LogP contribution in [0.25, 0.3) is 0 Å². The number of nitrogens with two attached hydrogens (primary N) is 1. The van der Waals surface area contributed by atoms with Crippen LogP contribution in [0.15, 0.2) is 18.5 Å². The van der Waals surface area contributed by atoms with Crippen molar-refractivity contribution < 1.29 is 0 Å². The van der Waals surface area contributed by atoms with Gasteiger partial charge in [0.2, 0.25) is 0 Å². The Morgan fingerprint density at radius 1 is 1.43 bits per heavy atom. The smallest absolute Gasteiger partial charge is 0.0738 e. The van der Waals surface area contributed by atoms with Gasteiger partial charge in [0.25, 0.3) is 0 Å². The van der Waals surface area contributed by atoms with Crippen molar-refractivity contribution in [2.45, 2.75) is 31.7 Å². The van der Waals surface area contributed by atoms with Crippen LogP contribution in [0.1, 0.15) is 25.7 Å². The summed E-state index contributed by atoms with van der Waals surface area (Å²) in [6, 6.07) is 2.66. The Morgan fingerprint density at radius 2 is 2.14 bits per heavy atom. The van der Waals surface area contributed by atoms with Gasteiger partial charge in [0.05, 0.1) is 17.6 Å². The lowest BCUT2D eigenvalue weighted by molar-refractivity contribution is 0.654. The topological polar surface area (TPSA) is 42.2 Å². The Bertz CT molecular complexity index is 305. The van der Waals surface area contributed by atoms with Crippen molar-refractivity contribution in [2.75, 3.05) is 17.7 Å². The zero-order valence-electron chi connectivity index (χ0n) is 8.61. The highest BCUT2D eigenvalue weighted by Gasteiger charge is 2.20. The maximum Gasteiger partial charge on any atom is 0.0738 e. The van der Waals surface area contributed by atoms with E-state index in [4.69, 9.17) is 5.73 Å². The highest BCUT2D eigenvalue weighted by atomic mass is 15.1. The second-order valence-electron chi connectivity index (χ2n) is 3.98. The van der Waals surface area contributed by atoms with Gasteiger partial charge in [-0.1, -0.05) is 12.8 Å². The number of aromatic nitrogens is 1. The first-order chi connectivity index (χ1) is 6.79. The molecule has 1 aliphatic rings. The number of nitrogen functional groups attached to an aromatic ring is 1. The normalized spacial score (nSPS) is 17.2. The highest BCUT2D eigenvalue weighted by molar-refractivity contribution is 5.66. The van der Waals surface area contributed by atoms with E-state index in [2.05, 4.69) is 16.9 Å². The van der Waals surface area contributed by atoms with Crippen molar-refractivity contribution in [1.29, 1.82) is 0 Å². The van der Waals surface area contributed by atoms with Gasteiger partial charge in [-0.2, -0.15) is 0 Å². The molecule has 3 heteroatoms. The van der Waals surface area contributed by atoms with Crippen molar-refractivity contribution in [1.82, 2.24) is 4.98 Å². The SMILES string of the molecule is CN(c1ccncc1N)C1CCCC1. The quantitative estimate of drug-likeness (QED) is 0.777. The van der Waals surface area contributed by atoms with Crippen LogP contribution in [0.4, 0.5) is 11.4 Å². The molecule has 2 rings (SSSR count). The van der Waals surface area contributed by atoms with Crippen molar-refractivity contribution in [2.24, 2.45) is 0 Å². The van der Waals surface area contributed by atoms with Gasteiger partial charge in [-0.15, -0.1) is 0 Å². The lowest BCUT2D eigenvalue weighted by Crippen LogP contribution is -2.29. The monoisotopic (exact) mass is 191 g/mol. The number of hydrogen-bond acceptors (Lipinski definition) is 3. The molecule has 76 valence electrons. The standard InChI is InChI=1S/C11H17N3/c1-14(9-4-2-3-5-9)11-6-7-13-8-10(11)12/h6-9H,2-5,12H2,1H3. The third-order valence-electron chi connectivity index (χ3n) is 3.08. The first-order valence-corrected chi connectivity index (χ1v) is 5.21. The molecule has 1 aromatic rings. The van der Waals surface area contributed by atoms with Gasteiger partial charge < -0.3 is 10.6 Å². The molecule has 0 spiro atoms. The van der Waals surface area contributed by atoms with Crippen LogP contribution in [0.5, 0.6) is 0 Å². The summed E-state index contributed by atoms with van der Waals surface area (Å²) in [5, 5.41) is 0. The van der Waals surface area contributed by atoms with E-state index >= 15 is 0 Å². The summed E-state index contributed by atoms with van der Waals surface area (Å²) in [4.78, 5) is 6.30. The molecule has 0 saturated heterocycles. The fraction of sp³-hybridized carbons (Fsp3) is 0.545. The number of rotatable bonds is 2. The summed E-state index contributed by atoms with van der Waals surface area (Å²) in [5.41, 5.74) is 7.78. The van der Waals surface area contributed by atoms with Gasteiger partial charge in [-0.05, 0) is 18.9 Å². The molecule has 1 aliphatic carbocycles. The predicted molar refractivity (Wildman–Crippen MR) is 59.3 cm³/mol. The zero-order valence-corrected chi connectivity index (χ0v) is 8.61. The van der Waals surface area contributed by atoms with E-state index in [0.29, 0.717) is 6.04 Å². The minimum absolute atomic E-state index is 0.666. The van der Waals surface area contributed by atoms with Crippen LogP contribution in [-0.4, -0.2) is 18.1 Å². The van der Waals surface area contributed by atoms with Crippen molar-refractivity contribution in [3.05, 3.63) is 18.5 Å². The molecule has 14 heavy (non-hydrogen) atoms. The molecule has 1 fully saturated rings. The molecule has 0 unspecified atom stereocenters. The van der Waals surface area contributed by atoms with Crippen molar-refractivity contribution in [3.8, 4) is 0 Å². The summed E-state index contributed by atoms with van der Waals surface area (Å²) >= 11 is 0.